The van der Waals surface area contributed by atoms with E-state index in [1.807, 2.05) is 25.2 Å². The summed E-state index contributed by atoms with van der Waals surface area (Å²) in [7, 11) is -1.29. The Morgan fingerprint density at radius 2 is 1.75 bits per heavy atom. The van der Waals surface area contributed by atoms with E-state index in [-0.39, 0.29) is 0 Å². The molecule has 28 heavy (non-hydrogen) atoms. The lowest BCUT2D eigenvalue weighted by atomic mass is 10.2. The van der Waals surface area contributed by atoms with Gasteiger partial charge in [-0.1, -0.05) is 30.3 Å². The van der Waals surface area contributed by atoms with E-state index in [0.717, 1.165) is 19.3 Å². The van der Waals surface area contributed by atoms with Gasteiger partial charge in [0.25, 0.3) is 0 Å². The number of nitrogens with zero attached hydrogens (tertiary/aromatic N) is 3. The number of hydrogen-bond donors (Lipinski definition) is 3. The van der Waals surface area contributed by atoms with Gasteiger partial charge in [0.15, 0.2) is 0 Å². The Morgan fingerprint density at radius 3 is 2.36 bits per heavy atom. The third kappa shape index (κ3) is 8.07. The lowest BCUT2D eigenvalue weighted by molar-refractivity contribution is 0.331. The van der Waals surface area contributed by atoms with Crippen LogP contribution in [0.25, 0.3) is 0 Å². The van der Waals surface area contributed by atoms with Gasteiger partial charge in [-0.25, -0.2) is 8.42 Å². The molecular formula is C19H24N6O2S. The van der Waals surface area contributed by atoms with Crippen molar-refractivity contribution in [2.75, 3.05) is 36.4 Å². The van der Waals surface area contributed by atoms with Gasteiger partial charge in [-0.2, -0.15) is 5.26 Å². The quantitative estimate of drug-likeness (QED) is 0.355. The second-order valence-electron chi connectivity index (χ2n) is 6.29. The van der Waals surface area contributed by atoms with E-state index >= 15 is 0 Å². The summed E-state index contributed by atoms with van der Waals surface area (Å²) in [5.41, 5.74) is 2.37. The van der Waals surface area contributed by atoms with Gasteiger partial charge < -0.3 is 15.5 Å². The Kier molecular flexibility index (Phi) is 7.80. The highest BCUT2D eigenvalue weighted by Gasteiger charge is 2.05. The lowest BCUT2D eigenvalue weighted by Crippen LogP contribution is -2.36. The van der Waals surface area contributed by atoms with Crippen molar-refractivity contribution in [3.63, 3.8) is 0 Å². The summed E-state index contributed by atoms with van der Waals surface area (Å²) in [4.78, 5) is 5.92. The Bertz CT molecular complexity index is 921. The second kappa shape index (κ2) is 10.3. The van der Waals surface area contributed by atoms with Crippen molar-refractivity contribution in [1.29, 1.82) is 5.26 Å². The average Bonchev–Trinajstić information content (AvgIpc) is 2.63. The topological polar surface area (TPSA) is 110 Å². The maximum absolute atomic E-state index is 11.2. The number of aliphatic imine (C=N–C) groups is 1. The molecule has 148 valence electrons. The van der Waals surface area contributed by atoms with Gasteiger partial charge in [0.2, 0.25) is 22.2 Å². The molecule has 0 atom stereocenters. The van der Waals surface area contributed by atoms with Gasteiger partial charge in [0, 0.05) is 31.0 Å². The zero-order chi connectivity index (χ0) is 20.4. The molecule has 0 unspecified atom stereocenters. The first-order valence-corrected chi connectivity index (χ1v) is 10.5. The molecule has 0 aliphatic heterocycles. The van der Waals surface area contributed by atoms with Crippen molar-refractivity contribution in [2.45, 2.75) is 6.54 Å². The molecule has 0 saturated heterocycles. The van der Waals surface area contributed by atoms with E-state index in [0.29, 0.717) is 23.9 Å². The van der Waals surface area contributed by atoms with Crippen molar-refractivity contribution in [3.8, 4) is 6.19 Å². The molecule has 0 amide bonds. The predicted molar refractivity (Wildman–Crippen MR) is 112 cm³/mol. The van der Waals surface area contributed by atoms with Crippen LogP contribution in [0.3, 0.4) is 0 Å². The zero-order valence-corrected chi connectivity index (χ0v) is 16.7. The van der Waals surface area contributed by atoms with Crippen LogP contribution in [0.2, 0.25) is 0 Å². The first-order valence-electron chi connectivity index (χ1n) is 8.64. The molecular weight excluding hydrogens is 376 g/mol. The number of benzene rings is 2. The van der Waals surface area contributed by atoms with Crippen molar-refractivity contribution in [2.24, 2.45) is 4.99 Å². The van der Waals surface area contributed by atoms with Crippen molar-refractivity contribution in [1.82, 2.24) is 10.2 Å². The fourth-order valence-corrected chi connectivity index (χ4v) is 3.04. The fourth-order valence-electron chi connectivity index (χ4n) is 2.47. The minimum atomic E-state index is -3.32. The molecule has 0 aliphatic rings. The molecule has 0 aromatic heterocycles. The Labute approximate surface area is 166 Å². The smallest absolute Gasteiger partial charge is 0.229 e. The molecule has 2 rings (SSSR count). The second-order valence-corrected chi connectivity index (χ2v) is 8.04. The number of sulfonamides is 1. The molecule has 0 saturated carbocycles. The average molecular weight is 401 g/mol. The highest BCUT2D eigenvalue weighted by Crippen LogP contribution is 2.14. The van der Waals surface area contributed by atoms with E-state index in [9.17, 15) is 8.42 Å². The number of likely N-dealkylation sites (N-methyl/N-ethyl adjacent to an activating group) is 1. The Balaban J connectivity index is 1.84. The number of nitrogens with one attached hydrogen (secondary N) is 3. The maximum Gasteiger partial charge on any atom is 0.229 e. The summed E-state index contributed by atoms with van der Waals surface area (Å²) in [5.74, 6) is 0.333. The fraction of sp³-hybridized carbons (Fsp3) is 0.263. The molecule has 9 heteroatoms. The maximum atomic E-state index is 11.2. The molecule has 0 radical (unpaired) electrons. The summed E-state index contributed by atoms with van der Waals surface area (Å²) in [6.07, 6.45) is 2.86. The van der Waals surface area contributed by atoms with Gasteiger partial charge in [-0.15, -0.1) is 4.99 Å². The molecule has 0 bridgehead atoms. The normalized spacial score (nSPS) is 11.7. The number of nitriles is 1. The SMILES string of the molecule is CN(CCN/C(=N\C#N)Nc1ccc(NS(C)(=O)=O)cc1)Cc1ccccc1. The lowest BCUT2D eigenvalue weighted by Gasteiger charge is -2.18. The monoisotopic (exact) mass is 400 g/mol. The van der Waals surface area contributed by atoms with E-state index in [1.165, 1.54) is 5.56 Å². The van der Waals surface area contributed by atoms with Crippen LogP contribution in [0.15, 0.2) is 59.6 Å². The van der Waals surface area contributed by atoms with E-state index in [2.05, 4.69) is 37.4 Å². The minimum Gasteiger partial charge on any atom is -0.354 e. The Hall–Kier alpha value is -3.09. The first-order chi connectivity index (χ1) is 13.4. The molecule has 2 aromatic carbocycles. The molecule has 0 heterocycles. The zero-order valence-electron chi connectivity index (χ0n) is 15.9. The molecule has 3 N–H and O–H groups in total. The van der Waals surface area contributed by atoms with Gasteiger partial charge in [0.1, 0.15) is 0 Å². The largest absolute Gasteiger partial charge is 0.354 e. The van der Waals surface area contributed by atoms with E-state index < -0.39 is 10.0 Å². The van der Waals surface area contributed by atoms with Crippen LogP contribution < -0.4 is 15.4 Å². The highest BCUT2D eigenvalue weighted by molar-refractivity contribution is 7.92. The van der Waals surface area contributed by atoms with E-state index in [4.69, 9.17) is 5.26 Å². The number of rotatable bonds is 8. The van der Waals surface area contributed by atoms with Gasteiger partial charge in [-0.05, 0) is 36.9 Å². The van der Waals surface area contributed by atoms with Crippen LogP contribution in [-0.4, -0.2) is 45.7 Å². The Morgan fingerprint density at radius 1 is 1.11 bits per heavy atom. The van der Waals surface area contributed by atoms with Gasteiger partial charge >= 0.3 is 0 Å². The van der Waals surface area contributed by atoms with Crippen LogP contribution >= 0.6 is 0 Å². The summed E-state index contributed by atoms with van der Waals surface area (Å²) in [5, 5.41) is 15.0. The van der Waals surface area contributed by atoms with Crippen molar-refractivity contribution >= 4 is 27.4 Å². The third-order valence-corrected chi connectivity index (χ3v) is 4.30. The van der Waals surface area contributed by atoms with E-state index in [1.54, 1.807) is 30.5 Å². The summed E-state index contributed by atoms with van der Waals surface area (Å²) < 4.78 is 24.9. The van der Waals surface area contributed by atoms with Crippen LogP contribution in [0, 0.1) is 11.5 Å². The molecule has 0 aliphatic carbocycles. The minimum absolute atomic E-state index is 0.333. The van der Waals surface area contributed by atoms with Crippen LogP contribution in [0.5, 0.6) is 0 Å². The summed E-state index contributed by atoms with van der Waals surface area (Å²) >= 11 is 0. The molecule has 0 spiro atoms. The highest BCUT2D eigenvalue weighted by atomic mass is 32.2. The predicted octanol–water partition coefficient (Wildman–Crippen LogP) is 2.03. The molecule has 2 aromatic rings. The number of anilines is 2. The van der Waals surface area contributed by atoms with Crippen molar-refractivity contribution < 1.29 is 8.42 Å². The number of hydrogen-bond acceptors (Lipinski definition) is 5. The van der Waals surface area contributed by atoms with Crippen LogP contribution in [-0.2, 0) is 16.6 Å². The molecule has 0 fully saturated rings. The van der Waals surface area contributed by atoms with Gasteiger partial charge in [-0.3, -0.25) is 4.72 Å². The van der Waals surface area contributed by atoms with Crippen LogP contribution in [0.4, 0.5) is 11.4 Å². The van der Waals surface area contributed by atoms with Gasteiger partial charge in [0.05, 0.1) is 6.26 Å². The standard InChI is InChI=1S/C19H24N6O2S/c1-25(14-16-6-4-3-5-7-16)13-12-21-19(22-15-20)23-17-8-10-18(11-9-17)24-28(2,26)27/h3-11,24H,12-14H2,1-2H3,(H2,21,22,23). The first kappa shape index (κ1) is 21.2. The van der Waals surface area contributed by atoms with Crippen molar-refractivity contribution in [3.05, 3.63) is 60.2 Å². The third-order valence-electron chi connectivity index (χ3n) is 3.69. The summed E-state index contributed by atoms with van der Waals surface area (Å²) in [6.45, 7) is 2.19. The number of guanidine groups is 1. The van der Waals surface area contributed by atoms with Crippen LogP contribution in [0.1, 0.15) is 5.56 Å². The molecule has 8 nitrogen and oxygen atoms in total. The summed E-state index contributed by atoms with van der Waals surface area (Å²) in [6, 6.07) is 16.8.